The molecule has 3 amide bonds. The molecule has 1 heterocycles. The molecule has 0 bridgehead atoms. The molecule has 1 rings (SSSR count). The number of carbonyl (C=O) groups is 2. The summed E-state index contributed by atoms with van der Waals surface area (Å²) in [6.07, 6.45) is 1.55. The maximum atomic E-state index is 11.7. The Kier molecular flexibility index (Phi) is 6.84. The normalized spacial score (nSPS) is 10.2. The lowest BCUT2D eigenvalue weighted by molar-refractivity contribution is -0.121. The van der Waals surface area contributed by atoms with Gasteiger partial charge in [-0.3, -0.25) is 15.0 Å². The van der Waals surface area contributed by atoms with Crippen LogP contribution in [0.1, 0.15) is 11.8 Å². The van der Waals surface area contributed by atoms with Gasteiger partial charge in [0, 0.05) is 18.0 Å². The van der Waals surface area contributed by atoms with Crippen LogP contribution in [0.5, 0.6) is 0 Å². The van der Waals surface area contributed by atoms with Crippen LogP contribution >= 0.6 is 11.3 Å². The fraction of sp³-hybridized carbons (Fsp3) is 0.385. The summed E-state index contributed by atoms with van der Waals surface area (Å²) in [7, 11) is 0. The van der Waals surface area contributed by atoms with Crippen LogP contribution in [0.15, 0.2) is 30.2 Å². The Morgan fingerprint density at radius 2 is 2.32 bits per heavy atom. The molecule has 0 atom stereocenters. The molecule has 0 spiro atoms. The van der Waals surface area contributed by atoms with E-state index in [0.717, 1.165) is 13.1 Å². The number of carbonyl (C=O) groups excluding carboxylic acids is 2. The first-order valence-electron chi connectivity index (χ1n) is 6.09. The summed E-state index contributed by atoms with van der Waals surface area (Å²) in [5, 5.41) is 6.78. The van der Waals surface area contributed by atoms with E-state index in [9.17, 15) is 9.59 Å². The van der Waals surface area contributed by atoms with Gasteiger partial charge in [-0.2, -0.15) is 0 Å². The zero-order valence-electron chi connectivity index (χ0n) is 11.0. The Labute approximate surface area is 117 Å². The predicted molar refractivity (Wildman–Crippen MR) is 77.0 cm³/mol. The number of urea groups is 1. The van der Waals surface area contributed by atoms with Crippen LogP contribution in [0.3, 0.4) is 0 Å². The molecule has 6 heteroatoms. The third kappa shape index (κ3) is 6.17. The van der Waals surface area contributed by atoms with Crippen LogP contribution in [-0.2, 0) is 11.3 Å². The Bertz CT molecular complexity index is 418. The van der Waals surface area contributed by atoms with Crippen molar-refractivity contribution < 1.29 is 9.59 Å². The summed E-state index contributed by atoms with van der Waals surface area (Å²) in [5.41, 5.74) is 0. The second-order valence-corrected chi connectivity index (χ2v) is 4.96. The molecule has 0 unspecified atom stereocenters. The molecule has 0 fully saturated rings. The van der Waals surface area contributed by atoms with E-state index in [0.29, 0.717) is 6.54 Å². The van der Waals surface area contributed by atoms with Crippen molar-refractivity contribution in [3.05, 3.63) is 35.0 Å². The van der Waals surface area contributed by atoms with Gasteiger partial charge in [0.2, 0.25) is 5.91 Å². The van der Waals surface area contributed by atoms with Crippen molar-refractivity contribution in [2.24, 2.45) is 0 Å². The third-order valence-corrected chi connectivity index (χ3v) is 3.30. The number of hydrogen-bond acceptors (Lipinski definition) is 4. The van der Waals surface area contributed by atoms with Crippen LogP contribution in [0.4, 0.5) is 4.79 Å². The Morgan fingerprint density at radius 1 is 1.53 bits per heavy atom. The summed E-state index contributed by atoms with van der Waals surface area (Å²) < 4.78 is 0. The standard InChI is InChI=1S/C13H19N3O2S/c1-3-7-14-13(18)15-12(17)10-16(4-2)9-11-6-5-8-19-11/h3,5-6,8H,1,4,7,9-10H2,2H3,(H2,14,15,17,18). The maximum absolute atomic E-state index is 11.7. The monoisotopic (exact) mass is 281 g/mol. The SMILES string of the molecule is C=CCNC(=O)NC(=O)CN(CC)Cc1cccs1. The highest BCUT2D eigenvalue weighted by Gasteiger charge is 2.12. The molecule has 1 aromatic rings. The van der Waals surface area contributed by atoms with Gasteiger partial charge in [0.1, 0.15) is 0 Å². The number of imide groups is 1. The molecule has 0 aliphatic heterocycles. The first-order chi connectivity index (χ1) is 9.15. The summed E-state index contributed by atoms with van der Waals surface area (Å²) in [6, 6.07) is 3.52. The highest BCUT2D eigenvalue weighted by Crippen LogP contribution is 2.11. The van der Waals surface area contributed by atoms with Gasteiger partial charge in [-0.1, -0.05) is 19.1 Å². The molecule has 19 heavy (non-hydrogen) atoms. The van der Waals surface area contributed by atoms with Gasteiger partial charge < -0.3 is 5.32 Å². The number of thiophene rings is 1. The van der Waals surface area contributed by atoms with Crippen LogP contribution < -0.4 is 10.6 Å². The Hall–Kier alpha value is -1.66. The number of nitrogens with zero attached hydrogens (tertiary/aromatic N) is 1. The van der Waals surface area contributed by atoms with E-state index >= 15 is 0 Å². The summed E-state index contributed by atoms with van der Waals surface area (Å²) in [4.78, 5) is 26.1. The van der Waals surface area contributed by atoms with Gasteiger partial charge in [0.15, 0.2) is 0 Å². The van der Waals surface area contributed by atoms with Gasteiger partial charge in [-0.25, -0.2) is 4.79 Å². The lowest BCUT2D eigenvalue weighted by atomic mass is 10.4. The van der Waals surface area contributed by atoms with Crippen molar-refractivity contribution in [3.63, 3.8) is 0 Å². The highest BCUT2D eigenvalue weighted by molar-refractivity contribution is 7.09. The number of amides is 3. The molecule has 0 aliphatic rings. The maximum Gasteiger partial charge on any atom is 0.321 e. The summed E-state index contributed by atoms with van der Waals surface area (Å²) in [5.74, 6) is -0.306. The van der Waals surface area contributed by atoms with Crippen LogP contribution in [0.2, 0.25) is 0 Å². The highest BCUT2D eigenvalue weighted by atomic mass is 32.1. The number of nitrogens with one attached hydrogen (secondary N) is 2. The molecule has 0 radical (unpaired) electrons. The predicted octanol–water partition coefficient (Wildman–Crippen LogP) is 1.58. The third-order valence-electron chi connectivity index (χ3n) is 2.43. The minimum Gasteiger partial charge on any atom is -0.334 e. The van der Waals surface area contributed by atoms with Crippen LogP contribution in [-0.4, -0.2) is 36.5 Å². The molecule has 0 saturated heterocycles. The summed E-state index contributed by atoms with van der Waals surface area (Å²) >= 11 is 1.65. The fourth-order valence-corrected chi connectivity index (χ4v) is 2.23. The fourth-order valence-electron chi connectivity index (χ4n) is 1.48. The first kappa shape index (κ1) is 15.4. The Morgan fingerprint density at radius 3 is 2.89 bits per heavy atom. The zero-order valence-corrected chi connectivity index (χ0v) is 11.8. The average Bonchev–Trinajstić information content (AvgIpc) is 2.88. The molecule has 2 N–H and O–H groups in total. The van der Waals surface area contributed by atoms with E-state index in [2.05, 4.69) is 17.2 Å². The van der Waals surface area contributed by atoms with E-state index in [-0.39, 0.29) is 12.5 Å². The topological polar surface area (TPSA) is 61.4 Å². The largest absolute Gasteiger partial charge is 0.334 e. The molecular weight excluding hydrogens is 262 g/mol. The van der Waals surface area contributed by atoms with Crippen molar-refractivity contribution >= 4 is 23.3 Å². The lowest BCUT2D eigenvalue weighted by Crippen LogP contribution is -2.44. The van der Waals surface area contributed by atoms with E-state index < -0.39 is 6.03 Å². The second kappa shape index (κ2) is 8.44. The molecular formula is C13H19N3O2S. The Balaban J connectivity index is 2.36. The quantitative estimate of drug-likeness (QED) is 0.746. The summed E-state index contributed by atoms with van der Waals surface area (Å²) in [6.45, 7) is 7.48. The van der Waals surface area contributed by atoms with Crippen LogP contribution in [0.25, 0.3) is 0 Å². The molecule has 0 aromatic carbocycles. The average molecular weight is 281 g/mol. The van der Waals surface area contributed by atoms with Gasteiger partial charge in [-0.15, -0.1) is 17.9 Å². The molecule has 1 aromatic heterocycles. The number of hydrogen-bond donors (Lipinski definition) is 2. The van der Waals surface area contributed by atoms with Crippen molar-refractivity contribution in [1.29, 1.82) is 0 Å². The lowest BCUT2D eigenvalue weighted by Gasteiger charge is -2.18. The van der Waals surface area contributed by atoms with Gasteiger partial charge in [0.05, 0.1) is 6.54 Å². The van der Waals surface area contributed by atoms with E-state index in [1.807, 2.05) is 29.3 Å². The van der Waals surface area contributed by atoms with E-state index in [4.69, 9.17) is 0 Å². The number of rotatable bonds is 7. The molecule has 0 aliphatic carbocycles. The van der Waals surface area contributed by atoms with Gasteiger partial charge >= 0.3 is 6.03 Å². The van der Waals surface area contributed by atoms with Crippen molar-refractivity contribution in [1.82, 2.24) is 15.5 Å². The molecule has 5 nitrogen and oxygen atoms in total. The van der Waals surface area contributed by atoms with Crippen molar-refractivity contribution in [2.45, 2.75) is 13.5 Å². The van der Waals surface area contributed by atoms with Crippen molar-refractivity contribution in [3.8, 4) is 0 Å². The van der Waals surface area contributed by atoms with Gasteiger partial charge in [-0.05, 0) is 18.0 Å². The number of likely N-dealkylation sites (N-methyl/N-ethyl adjacent to an activating group) is 1. The van der Waals surface area contributed by atoms with Crippen LogP contribution in [0, 0.1) is 0 Å². The first-order valence-corrected chi connectivity index (χ1v) is 6.97. The van der Waals surface area contributed by atoms with E-state index in [1.54, 1.807) is 17.4 Å². The van der Waals surface area contributed by atoms with Crippen molar-refractivity contribution in [2.75, 3.05) is 19.6 Å². The minimum atomic E-state index is -0.489. The molecule has 104 valence electrons. The second-order valence-electron chi connectivity index (χ2n) is 3.93. The zero-order chi connectivity index (χ0) is 14.1. The smallest absolute Gasteiger partial charge is 0.321 e. The minimum absolute atomic E-state index is 0.204. The van der Waals surface area contributed by atoms with Gasteiger partial charge in [0.25, 0.3) is 0 Å². The molecule has 0 saturated carbocycles. The van der Waals surface area contributed by atoms with E-state index in [1.165, 1.54) is 4.88 Å².